The van der Waals surface area contributed by atoms with Gasteiger partial charge >= 0.3 is 0 Å². The zero-order valence-corrected chi connectivity index (χ0v) is 8.79. The smallest absolute Gasteiger partial charge is 0.178 e. The first kappa shape index (κ1) is 12.3. The van der Waals surface area contributed by atoms with Gasteiger partial charge in [-0.3, -0.25) is 9.78 Å². The van der Waals surface area contributed by atoms with Crippen LogP contribution < -0.4 is 0 Å². The predicted molar refractivity (Wildman–Crippen MR) is 55.4 cm³/mol. The van der Waals surface area contributed by atoms with Crippen LogP contribution in [0.25, 0.3) is 0 Å². The van der Waals surface area contributed by atoms with Crippen molar-refractivity contribution in [1.82, 2.24) is 4.98 Å². The minimum Gasteiger partial charge on any atom is -0.389 e. The van der Waals surface area contributed by atoms with E-state index in [1.54, 1.807) is 6.07 Å². The maximum atomic E-state index is 10.9. The van der Waals surface area contributed by atoms with Crippen molar-refractivity contribution in [1.29, 1.82) is 5.26 Å². The molecule has 2 atom stereocenters. The number of pyridine rings is 1. The van der Waals surface area contributed by atoms with E-state index in [9.17, 15) is 15.0 Å². The second-order valence-corrected chi connectivity index (χ2v) is 3.41. The second-order valence-electron chi connectivity index (χ2n) is 3.41. The van der Waals surface area contributed by atoms with Crippen LogP contribution >= 0.6 is 0 Å². The minimum absolute atomic E-state index is 0.157. The van der Waals surface area contributed by atoms with E-state index in [-0.39, 0.29) is 12.2 Å². The molecule has 0 bridgehead atoms. The van der Waals surface area contributed by atoms with Crippen molar-refractivity contribution in [2.24, 2.45) is 0 Å². The maximum Gasteiger partial charge on any atom is 0.178 e. The Kier molecular flexibility index (Phi) is 4.11. The molecule has 0 aliphatic heterocycles. The fourth-order valence-corrected chi connectivity index (χ4v) is 1.22. The number of hydrogen-bond donors (Lipinski definition) is 2. The molecule has 84 valence electrons. The molecule has 0 aliphatic rings. The lowest BCUT2D eigenvalue weighted by molar-refractivity contribution is 0.0214. The molecule has 0 saturated heterocycles. The molecular formula is C11H12N2O3. The monoisotopic (exact) mass is 220 g/mol. The Morgan fingerprint density at radius 2 is 2.25 bits per heavy atom. The first-order chi connectivity index (χ1) is 7.56. The van der Waals surface area contributed by atoms with E-state index in [0.29, 0.717) is 11.3 Å². The van der Waals surface area contributed by atoms with Crippen LogP contribution in [-0.2, 0) is 0 Å². The van der Waals surface area contributed by atoms with Crippen LogP contribution in [0.4, 0.5) is 0 Å². The average molecular weight is 220 g/mol. The molecular weight excluding hydrogens is 208 g/mol. The molecule has 1 heterocycles. The first-order valence-corrected chi connectivity index (χ1v) is 4.76. The van der Waals surface area contributed by atoms with Crippen LogP contribution in [-0.4, -0.2) is 27.1 Å². The van der Waals surface area contributed by atoms with E-state index in [1.807, 2.05) is 0 Å². The van der Waals surface area contributed by atoms with Gasteiger partial charge in [0.05, 0.1) is 18.6 Å². The molecule has 2 N–H and O–H groups in total. The summed E-state index contributed by atoms with van der Waals surface area (Å²) in [7, 11) is 0. The van der Waals surface area contributed by atoms with Gasteiger partial charge in [-0.2, -0.15) is 5.26 Å². The Hall–Kier alpha value is -1.77. The van der Waals surface area contributed by atoms with Crippen LogP contribution in [0.2, 0.25) is 0 Å². The van der Waals surface area contributed by atoms with Crippen molar-refractivity contribution in [3.8, 4) is 6.07 Å². The molecule has 2 unspecified atom stereocenters. The highest BCUT2D eigenvalue weighted by Crippen LogP contribution is 2.18. The van der Waals surface area contributed by atoms with E-state index < -0.39 is 12.2 Å². The van der Waals surface area contributed by atoms with Gasteiger partial charge in [0, 0.05) is 18.7 Å². The third-order valence-electron chi connectivity index (χ3n) is 2.15. The third kappa shape index (κ3) is 2.86. The van der Waals surface area contributed by atoms with E-state index in [1.165, 1.54) is 25.3 Å². The summed E-state index contributed by atoms with van der Waals surface area (Å²) in [4.78, 5) is 14.8. The molecule has 0 aromatic carbocycles. The molecule has 1 aromatic rings. The van der Waals surface area contributed by atoms with Gasteiger partial charge < -0.3 is 10.2 Å². The third-order valence-corrected chi connectivity index (χ3v) is 2.15. The zero-order valence-electron chi connectivity index (χ0n) is 8.79. The van der Waals surface area contributed by atoms with Crippen LogP contribution in [0.3, 0.4) is 0 Å². The average Bonchev–Trinajstić information content (AvgIpc) is 2.28. The summed E-state index contributed by atoms with van der Waals surface area (Å²) in [6.07, 6.45) is -1.14. The van der Waals surface area contributed by atoms with Crippen LogP contribution in [0.15, 0.2) is 18.3 Å². The lowest BCUT2D eigenvalue weighted by atomic mass is 10.0. The lowest BCUT2D eigenvalue weighted by Crippen LogP contribution is -2.17. The number of aliphatic hydroxyl groups is 2. The number of ketones is 1. The summed E-state index contributed by atoms with van der Waals surface area (Å²) in [5, 5.41) is 27.4. The molecule has 5 heteroatoms. The maximum absolute atomic E-state index is 10.9. The van der Waals surface area contributed by atoms with Gasteiger partial charge in [0.15, 0.2) is 5.78 Å². The molecule has 0 radical (unpaired) electrons. The number of aliphatic hydroxyl groups excluding tert-OH is 2. The topological polar surface area (TPSA) is 94.2 Å². The van der Waals surface area contributed by atoms with Gasteiger partial charge in [-0.1, -0.05) is 6.07 Å². The molecule has 1 aromatic heterocycles. The van der Waals surface area contributed by atoms with Crippen LogP contribution in [0.1, 0.15) is 35.5 Å². The highest BCUT2D eigenvalue weighted by Gasteiger charge is 2.18. The molecule has 0 amide bonds. The number of nitrogens with zero attached hydrogens (tertiary/aromatic N) is 2. The van der Waals surface area contributed by atoms with E-state index in [4.69, 9.17) is 5.26 Å². The number of Topliss-reactive ketones (excluding diaryl/α,β-unsaturated/α-hetero) is 1. The largest absolute Gasteiger partial charge is 0.389 e. The van der Waals surface area contributed by atoms with Gasteiger partial charge in [0.1, 0.15) is 11.8 Å². The highest BCUT2D eigenvalue weighted by molar-refractivity contribution is 5.91. The quantitative estimate of drug-likeness (QED) is 0.724. The molecule has 1 rings (SSSR count). The first-order valence-electron chi connectivity index (χ1n) is 4.76. The number of carbonyl (C=O) groups is 1. The zero-order chi connectivity index (χ0) is 12.1. The summed E-state index contributed by atoms with van der Waals surface area (Å²) in [5.74, 6) is -0.168. The van der Waals surface area contributed by atoms with Crippen LogP contribution in [0.5, 0.6) is 0 Å². The van der Waals surface area contributed by atoms with E-state index in [2.05, 4.69) is 4.98 Å². The fourth-order valence-electron chi connectivity index (χ4n) is 1.22. The molecule has 0 spiro atoms. The normalized spacial score (nSPS) is 13.9. The number of hydrogen-bond acceptors (Lipinski definition) is 5. The van der Waals surface area contributed by atoms with Crippen molar-refractivity contribution in [2.45, 2.75) is 25.6 Å². The van der Waals surface area contributed by atoms with Crippen molar-refractivity contribution in [3.63, 3.8) is 0 Å². The molecule has 0 saturated carbocycles. The summed E-state index contributed by atoms with van der Waals surface area (Å²) >= 11 is 0. The standard InChI is InChI=1S/C11H12N2O3/c1-7(14)9-3-2-8(6-13-9)11(16)10(15)4-5-12/h2-3,6,10-11,15-16H,4H2,1H3. The molecule has 0 fully saturated rings. The Balaban J connectivity index is 2.82. The van der Waals surface area contributed by atoms with Crippen molar-refractivity contribution in [3.05, 3.63) is 29.6 Å². The summed E-state index contributed by atoms with van der Waals surface area (Å²) in [6, 6.07) is 4.74. The summed E-state index contributed by atoms with van der Waals surface area (Å²) in [5.41, 5.74) is 0.679. The van der Waals surface area contributed by atoms with Crippen molar-refractivity contribution < 1.29 is 15.0 Å². The Morgan fingerprint density at radius 1 is 1.56 bits per heavy atom. The SMILES string of the molecule is CC(=O)c1ccc(C(O)C(O)CC#N)cn1. The molecule has 5 nitrogen and oxygen atoms in total. The Morgan fingerprint density at radius 3 is 2.69 bits per heavy atom. The fraction of sp³-hybridized carbons (Fsp3) is 0.364. The summed E-state index contributed by atoms with van der Waals surface area (Å²) < 4.78 is 0. The van der Waals surface area contributed by atoms with E-state index >= 15 is 0 Å². The van der Waals surface area contributed by atoms with Gasteiger partial charge in [-0.25, -0.2) is 0 Å². The summed E-state index contributed by atoms with van der Waals surface area (Å²) in [6.45, 7) is 1.39. The van der Waals surface area contributed by atoms with E-state index in [0.717, 1.165) is 0 Å². The predicted octanol–water partition coefficient (Wildman–Crippen LogP) is 0.592. The lowest BCUT2D eigenvalue weighted by Gasteiger charge is -2.14. The number of aromatic nitrogens is 1. The highest BCUT2D eigenvalue weighted by atomic mass is 16.3. The molecule has 16 heavy (non-hydrogen) atoms. The van der Waals surface area contributed by atoms with Gasteiger partial charge in [-0.15, -0.1) is 0 Å². The minimum atomic E-state index is -1.16. The van der Waals surface area contributed by atoms with Gasteiger partial charge in [0.25, 0.3) is 0 Å². The number of rotatable bonds is 4. The number of carbonyl (C=O) groups excluding carboxylic acids is 1. The second kappa shape index (κ2) is 5.35. The molecule has 0 aliphatic carbocycles. The van der Waals surface area contributed by atoms with Crippen molar-refractivity contribution >= 4 is 5.78 Å². The van der Waals surface area contributed by atoms with Gasteiger partial charge in [-0.05, 0) is 6.07 Å². The Bertz CT molecular complexity index is 408. The van der Waals surface area contributed by atoms with Crippen molar-refractivity contribution in [2.75, 3.05) is 0 Å². The van der Waals surface area contributed by atoms with Gasteiger partial charge in [0.2, 0.25) is 0 Å². The van der Waals surface area contributed by atoms with Crippen LogP contribution in [0, 0.1) is 11.3 Å². The number of nitriles is 1. The Labute approximate surface area is 93.0 Å².